The number of ether oxygens (including phenoxy) is 1. The van der Waals surface area contributed by atoms with Crippen LogP contribution in [0.4, 0.5) is 0 Å². The van der Waals surface area contributed by atoms with Gasteiger partial charge in [0.25, 0.3) is 0 Å². The van der Waals surface area contributed by atoms with Crippen molar-refractivity contribution in [3.8, 4) is 0 Å². The van der Waals surface area contributed by atoms with E-state index < -0.39 is 9.84 Å². The van der Waals surface area contributed by atoms with Gasteiger partial charge < -0.3 is 9.64 Å². The fourth-order valence-electron chi connectivity index (χ4n) is 1.93. The Bertz CT molecular complexity index is 339. The Balaban J connectivity index is 2.58. The van der Waals surface area contributed by atoms with Crippen LogP contribution in [0, 0.1) is 0 Å². The van der Waals surface area contributed by atoms with E-state index in [-0.39, 0.29) is 30.1 Å². The number of rotatable bonds is 5. The van der Waals surface area contributed by atoms with Gasteiger partial charge in [-0.2, -0.15) is 0 Å². The highest BCUT2D eigenvalue weighted by Gasteiger charge is 2.33. The highest BCUT2D eigenvalue weighted by atomic mass is 32.2. The molecule has 1 saturated heterocycles. The van der Waals surface area contributed by atoms with E-state index in [1.807, 2.05) is 13.8 Å². The summed E-state index contributed by atoms with van der Waals surface area (Å²) in [5, 5.41) is 0. The van der Waals surface area contributed by atoms with Crippen molar-refractivity contribution in [2.24, 2.45) is 0 Å². The van der Waals surface area contributed by atoms with Crippen LogP contribution in [0.3, 0.4) is 0 Å². The molecule has 1 aliphatic heterocycles. The molecule has 0 aromatic carbocycles. The van der Waals surface area contributed by atoms with Crippen molar-refractivity contribution in [3.05, 3.63) is 0 Å². The molecule has 0 bridgehead atoms. The second kappa shape index (κ2) is 5.63. The van der Waals surface area contributed by atoms with E-state index in [0.717, 1.165) is 0 Å². The number of hydrogen-bond donors (Lipinski definition) is 0. The average molecular weight is 249 g/mol. The van der Waals surface area contributed by atoms with Crippen LogP contribution in [0.25, 0.3) is 0 Å². The lowest BCUT2D eigenvalue weighted by Crippen LogP contribution is -2.42. The fourth-order valence-corrected chi connectivity index (χ4v) is 3.66. The minimum absolute atomic E-state index is 0.0425. The lowest BCUT2D eigenvalue weighted by Gasteiger charge is -2.26. The predicted molar refractivity (Wildman–Crippen MR) is 60.9 cm³/mol. The summed E-state index contributed by atoms with van der Waals surface area (Å²) in [5.41, 5.74) is 0. The molecular weight excluding hydrogens is 230 g/mol. The number of hydrogen-bond acceptors (Lipinski definition) is 4. The van der Waals surface area contributed by atoms with E-state index in [1.165, 1.54) is 0 Å². The maximum atomic E-state index is 11.7. The average Bonchev–Trinajstić information content (AvgIpc) is 2.57. The van der Waals surface area contributed by atoms with Crippen LogP contribution in [-0.2, 0) is 19.4 Å². The summed E-state index contributed by atoms with van der Waals surface area (Å²) in [4.78, 5) is 13.3. The molecule has 0 radical (unpaired) electrons. The second-order valence-corrected chi connectivity index (χ2v) is 6.10. The van der Waals surface area contributed by atoms with Crippen molar-refractivity contribution >= 4 is 15.7 Å². The molecule has 0 saturated carbocycles. The summed E-state index contributed by atoms with van der Waals surface area (Å²) in [6.45, 7) is 4.75. The zero-order valence-corrected chi connectivity index (χ0v) is 10.6. The van der Waals surface area contributed by atoms with Gasteiger partial charge in [-0.15, -0.1) is 0 Å². The number of sulfone groups is 1. The maximum Gasteiger partial charge on any atom is 0.248 e. The largest absolute Gasteiger partial charge is 0.372 e. The zero-order valence-electron chi connectivity index (χ0n) is 9.81. The van der Waals surface area contributed by atoms with Crippen LogP contribution in [0.1, 0.15) is 20.3 Å². The SMILES string of the molecule is CCOCC(=O)N(CC)C1CCS(=O)(=O)C1. The first-order valence-corrected chi connectivity index (χ1v) is 7.40. The first-order valence-electron chi connectivity index (χ1n) is 5.57. The zero-order chi connectivity index (χ0) is 12.2. The van der Waals surface area contributed by atoms with Gasteiger partial charge in [0.2, 0.25) is 5.91 Å². The van der Waals surface area contributed by atoms with Crippen molar-refractivity contribution in [2.45, 2.75) is 26.3 Å². The summed E-state index contributed by atoms with van der Waals surface area (Å²) in [6.07, 6.45) is 0.550. The van der Waals surface area contributed by atoms with Gasteiger partial charge in [-0.1, -0.05) is 0 Å². The summed E-state index contributed by atoms with van der Waals surface area (Å²) < 4.78 is 27.7. The van der Waals surface area contributed by atoms with Crippen LogP contribution < -0.4 is 0 Å². The highest BCUT2D eigenvalue weighted by molar-refractivity contribution is 7.91. The molecule has 0 aliphatic carbocycles. The van der Waals surface area contributed by atoms with Crippen molar-refractivity contribution in [1.29, 1.82) is 0 Å². The van der Waals surface area contributed by atoms with Crippen molar-refractivity contribution in [3.63, 3.8) is 0 Å². The van der Waals surface area contributed by atoms with Crippen LogP contribution in [0.5, 0.6) is 0 Å². The Morgan fingerprint density at radius 2 is 2.12 bits per heavy atom. The molecule has 1 aliphatic rings. The lowest BCUT2D eigenvalue weighted by atomic mass is 10.2. The Labute approximate surface area is 96.7 Å². The molecule has 0 aromatic heterocycles. The fraction of sp³-hybridized carbons (Fsp3) is 0.900. The third-order valence-electron chi connectivity index (χ3n) is 2.74. The van der Waals surface area contributed by atoms with Crippen LogP contribution >= 0.6 is 0 Å². The predicted octanol–water partition coefficient (Wildman–Crippen LogP) is 0.0585. The molecule has 94 valence electrons. The van der Waals surface area contributed by atoms with Gasteiger partial charge >= 0.3 is 0 Å². The van der Waals surface area contributed by atoms with Gasteiger partial charge in [-0.25, -0.2) is 8.42 Å². The summed E-state index contributed by atoms with van der Waals surface area (Å²) in [7, 11) is -2.94. The normalized spacial score (nSPS) is 23.2. The van der Waals surface area contributed by atoms with E-state index in [1.54, 1.807) is 4.90 Å². The molecule has 1 rings (SSSR count). The quantitative estimate of drug-likeness (QED) is 0.691. The van der Waals surface area contributed by atoms with E-state index in [4.69, 9.17) is 4.74 Å². The molecule has 0 N–H and O–H groups in total. The summed E-state index contributed by atoms with van der Waals surface area (Å²) in [6, 6.07) is -0.164. The monoisotopic (exact) mass is 249 g/mol. The van der Waals surface area contributed by atoms with E-state index in [9.17, 15) is 13.2 Å². The molecule has 0 spiro atoms. The first kappa shape index (κ1) is 13.4. The van der Waals surface area contributed by atoms with Crippen LogP contribution in [0.15, 0.2) is 0 Å². The Hall–Kier alpha value is -0.620. The standard InChI is InChI=1S/C10H19NO4S/c1-3-11(10(12)7-15-4-2)9-5-6-16(13,14)8-9/h9H,3-8H2,1-2H3. The van der Waals surface area contributed by atoms with Crippen molar-refractivity contribution < 1.29 is 17.9 Å². The van der Waals surface area contributed by atoms with Crippen LogP contribution in [-0.4, -0.2) is 56.5 Å². The molecule has 1 heterocycles. The first-order chi connectivity index (χ1) is 7.50. The Morgan fingerprint density at radius 1 is 1.44 bits per heavy atom. The molecule has 16 heavy (non-hydrogen) atoms. The van der Waals surface area contributed by atoms with Gasteiger partial charge in [0.15, 0.2) is 9.84 Å². The number of likely N-dealkylation sites (N-methyl/N-ethyl adjacent to an activating group) is 1. The molecule has 5 nitrogen and oxygen atoms in total. The minimum Gasteiger partial charge on any atom is -0.372 e. The number of carbonyl (C=O) groups is 1. The molecule has 1 fully saturated rings. The maximum absolute atomic E-state index is 11.7. The molecule has 1 amide bonds. The molecule has 1 atom stereocenters. The molecule has 6 heteroatoms. The Kier molecular flexibility index (Phi) is 4.73. The topological polar surface area (TPSA) is 63.7 Å². The smallest absolute Gasteiger partial charge is 0.248 e. The number of carbonyl (C=O) groups excluding carboxylic acids is 1. The molecular formula is C10H19NO4S. The lowest BCUT2D eigenvalue weighted by molar-refractivity contribution is -0.137. The van der Waals surface area contributed by atoms with Gasteiger partial charge in [0.1, 0.15) is 6.61 Å². The van der Waals surface area contributed by atoms with Gasteiger partial charge in [0, 0.05) is 19.2 Å². The van der Waals surface area contributed by atoms with Crippen molar-refractivity contribution in [1.82, 2.24) is 4.90 Å². The summed E-state index contributed by atoms with van der Waals surface area (Å²) in [5.74, 6) is 0.167. The summed E-state index contributed by atoms with van der Waals surface area (Å²) >= 11 is 0. The van der Waals surface area contributed by atoms with E-state index >= 15 is 0 Å². The number of nitrogens with zero attached hydrogens (tertiary/aromatic N) is 1. The van der Waals surface area contributed by atoms with Crippen molar-refractivity contribution in [2.75, 3.05) is 31.3 Å². The Morgan fingerprint density at radius 3 is 2.56 bits per heavy atom. The van der Waals surface area contributed by atoms with Gasteiger partial charge in [0.05, 0.1) is 11.5 Å². The number of amides is 1. The van der Waals surface area contributed by atoms with Crippen LogP contribution in [0.2, 0.25) is 0 Å². The van der Waals surface area contributed by atoms with E-state index in [2.05, 4.69) is 0 Å². The minimum atomic E-state index is -2.94. The molecule has 0 aromatic rings. The third-order valence-corrected chi connectivity index (χ3v) is 4.49. The molecule has 1 unspecified atom stereocenters. The van der Waals surface area contributed by atoms with E-state index in [0.29, 0.717) is 19.6 Å². The highest BCUT2D eigenvalue weighted by Crippen LogP contribution is 2.17. The second-order valence-electron chi connectivity index (χ2n) is 3.87. The third kappa shape index (κ3) is 3.45. The van der Waals surface area contributed by atoms with Gasteiger partial charge in [-0.05, 0) is 20.3 Å². The van der Waals surface area contributed by atoms with Gasteiger partial charge in [-0.3, -0.25) is 4.79 Å².